The van der Waals surface area contributed by atoms with Crippen molar-refractivity contribution in [2.45, 2.75) is 31.3 Å². The Hall–Kier alpha value is -3.03. The SMILES string of the molecule is CC[C@@H](Oc1ccc(C)cc1)C(=O)Nc1ccc(S(=O)(=O)Nc2ccc(Cl)cc2)cc1. The first-order valence-corrected chi connectivity index (χ1v) is 11.6. The number of ether oxygens (including phenoxy) is 1. The zero-order valence-corrected chi connectivity index (χ0v) is 18.7. The molecule has 0 saturated carbocycles. The molecular formula is C23H23ClN2O4S. The highest BCUT2D eigenvalue weighted by Crippen LogP contribution is 2.21. The van der Waals surface area contributed by atoms with E-state index in [2.05, 4.69) is 10.0 Å². The molecule has 0 saturated heterocycles. The normalized spacial score (nSPS) is 12.1. The predicted molar refractivity (Wildman–Crippen MR) is 123 cm³/mol. The second-order valence-corrected chi connectivity index (χ2v) is 9.07. The van der Waals surface area contributed by atoms with Gasteiger partial charge in [-0.2, -0.15) is 0 Å². The third-order valence-corrected chi connectivity index (χ3v) is 6.14. The van der Waals surface area contributed by atoms with E-state index in [1.807, 2.05) is 38.1 Å². The Labute approximate surface area is 187 Å². The number of hydrogen-bond acceptors (Lipinski definition) is 4. The fraction of sp³-hybridized carbons (Fsp3) is 0.174. The first-order valence-electron chi connectivity index (χ1n) is 9.69. The van der Waals surface area contributed by atoms with Gasteiger partial charge in [0.2, 0.25) is 0 Å². The third-order valence-electron chi connectivity index (χ3n) is 4.49. The second-order valence-electron chi connectivity index (χ2n) is 6.95. The van der Waals surface area contributed by atoms with Crippen molar-refractivity contribution in [2.75, 3.05) is 10.0 Å². The molecule has 162 valence electrons. The molecule has 8 heteroatoms. The van der Waals surface area contributed by atoms with Gasteiger partial charge in [0, 0.05) is 16.4 Å². The first-order chi connectivity index (χ1) is 14.8. The summed E-state index contributed by atoms with van der Waals surface area (Å²) in [5, 5.41) is 3.28. The van der Waals surface area contributed by atoms with Crippen LogP contribution in [0.15, 0.2) is 77.7 Å². The number of amides is 1. The summed E-state index contributed by atoms with van der Waals surface area (Å²) < 4.78 is 33.4. The number of sulfonamides is 1. The summed E-state index contributed by atoms with van der Waals surface area (Å²) in [7, 11) is -3.77. The van der Waals surface area contributed by atoms with Gasteiger partial charge in [-0.3, -0.25) is 9.52 Å². The van der Waals surface area contributed by atoms with Gasteiger partial charge in [0.05, 0.1) is 4.90 Å². The van der Waals surface area contributed by atoms with Crippen molar-refractivity contribution in [1.29, 1.82) is 0 Å². The third kappa shape index (κ3) is 6.23. The van der Waals surface area contributed by atoms with Crippen molar-refractivity contribution >= 4 is 38.9 Å². The van der Waals surface area contributed by atoms with Crippen molar-refractivity contribution in [3.63, 3.8) is 0 Å². The van der Waals surface area contributed by atoms with Crippen molar-refractivity contribution in [1.82, 2.24) is 0 Å². The fourth-order valence-corrected chi connectivity index (χ4v) is 3.96. The summed E-state index contributed by atoms with van der Waals surface area (Å²) in [5.74, 6) is 0.306. The molecule has 31 heavy (non-hydrogen) atoms. The monoisotopic (exact) mass is 458 g/mol. The molecule has 2 N–H and O–H groups in total. The molecular weight excluding hydrogens is 436 g/mol. The minimum Gasteiger partial charge on any atom is -0.481 e. The molecule has 0 heterocycles. The highest BCUT2D eigenvalue weighted by atomic mass is 35.5. The molecule has 3 aromatic carbocycles. The minimum absolute atomic E-state index is 0.0726. The van der Waals surface area contributed by atoms with E-state index in [4.69, 9.17) is 16.3 Å². The summed E-state index contributed by atoms with van der Waals surface area (Å²) in [6, 6.07) is 19.7. The van der Waals surface area contributed by atoms with Crippen molar-refractivity contribution in [3.8, 4) is 5.75 Å². The van der Waals surface area contributed by atoms with E-state index >= 15 is 0 Å². The number of carbonyl (C=O) groups is 1. The van der Waals surface area contributed by atoms with Crippen LogP contribution in [0.4, 0.5) is 11.4 Å². The summed E-state index contributed by atoms with van der Waals surface area (Å²) in [6.45, 7) is 3.83. The lowest BCUT2D eigenvalue weighted by molar-refractivity contribution is -0.122. The lowest BCUT2D eigenvalue weighted by atomic mass is 10.2. The molecule has 6 nitrogen and oxygen atoms in total. The van der Waals surface area contributed by atoms with Crippen LogP contribution in [0, 0.1) is 6.92 Å². The van der Waals surface area contributed by atoms with E-state index in [9.17, 15) is 13.2 Å². The average Bonchev–Trinajstić information content (AvgIpc) is 2.75. The van der Waals surface area contributed by atoms with Gasteiger partial charge in [0.15, 0.2) is 6.10 Å². The van der Waals surface area contributed by atoms with Gasteiger partial charge >= 0.3 is 0 Å². The first kappa shape index (κ1) is 22.7. The lowest BCUT2D eigenvalue weighted by Gasteiger charge is -2.17. The smallest absolute Gasteiger partial charge is 0.265 e. The number of carbonyl (C=O) groups excluding carboxylic acids is 1. The van der Waals surface area contributed by atoms with Gasteiger partial charge in [-0.25, -0.2) is 8.42 Å². The Morgan fingerprint density at radius 2 is 1.52 bits per heavy atom. The lowest BCUT2D eigenvalue weighted by Crippen LogP contribution is -2.32. The zero-order chi connectivity index (χ0) is 22.4. The summed E-state index contributed by atoms with van der Waals surface area (Å²) in [4.78, 5) is 12.7. The van der Waals surface area contributed by atoms with Gasteiger partial charge in [-0.1, -0.05) is 36.2 Å². The van der Waals surface area contributed by atoms with E-state index in [1.165, 1.54) is 24.3 Å². The molecule has 0 aliphatic rings. The highest BCUT2D eigenvalue weighted by Gasteiger charge is 2.19. The van der Waals surface area contributed by atoms with Crippen LogP contribution < -0.4 is 14.8 Å². The molecule has 0 radical (unpaired) electrons. The molecule has 0 aromatic heterocycles. The summed E-state index contributed by atoms with van der Waals surface area (Å²) in [5.41, 5.74) is 1.98. The van der Waals surface area contributed by atoms with Crippen LogP contribution in [0.5, 0.6) is 5.75 Å². The van der Waals surface area contributed by atoms with Crippen LogP contribution in [0.1, 0.15) is 18.9 Å². The maximum absolute atomic E-state index is 12.6. The van der Waals surface area contributed by atoms with E-state index in [0.717, 1.165) is 5.56 Å². The van der Waals surface area contributed by atoms with Crippen LogP contribution in [0.3, 0.4) is 0 Å². The number of nitrogens with one attached hydrogen (secondary N) is 2. The van der Waals surface area contributed by atoms with Gasteiger partial charge < -0.3 is 10.1 Å². The Bertz CT molecular complexity index is 1130. The van der Waals surface area contributed by atoms with E-state index in [1.54, 1.807) is 24.3 Å². The van der Waals surface area contributed by atoms with Crippen LogP contribution >= 0.6 is 11.6 Å². The molecule has 0 aliphatic heterocycles. The van der Waals surface area contributed by atoms with Crippen LogP contribution in [0.2, 0.25) is 5.02 Å². The highest BCUT2D eigenvalue weighted by molar-refractivity contribution is 7.92. The summed E-state index contributed by atoms with van der Waals surface area (Å²) in [6.07, 6.45) is -0.185. The topological polar surface area (TPSA) is 84.5 Å². The standard InChI is InChI=1S/C23H23ClN2O4S/c1-3-22(30-20-12-4-16(2)5-13-20)23(27)25-18-10-14-21(15-11-18)31(28,29)26-19-8-6-17(24)7-9-19/h4-15,22,26H,3H2,1-2H3,(H,25,27)/t22-/m1/s1. The quantitative estimate of drug-likeness (QED) is 0.483. The Kier molecular flexibility index (Phi) is 7.20. The van der Waals surface area contributed by atoms with Crippen molar-refractivity contribution < 1.29 is 17.9 Å². The molecule has 1 atom stereocenters. The Balaban J connectivity index is 1.65. The fourth-order valence-electron chi connectivity index (χ4n) is 2.78. The van der Waals surface area contributed by atoms with Crippen molar-refractivity contribution in [3.05, 3.63) is 83.4 Å². The van der Waals surface area contributed by atoms with Crippen LogP contribution in [-0.2, 0) is 14.8 Å². The molecule has 0 aliphatic carbocycles. The van der Waals surface area contributed by atoms with Crippen molar-refractivity contribution in [2.24, 2.45) is 0 Å². The van der Waals surface area contributed by atoms with Gasteiger partial charge in [-0.15, -0.1) is 0 Å². The second kappa shape index (κ2) is 9.85. The van der Waals surface area contributed by atoms with E-state index < -0.39 is 16.1 Å². The zero-order valence-electron chi connectivity index (χ0n) is 17.1. The average molecular weight is 459 g/mol. The van der Waals surface area contributed by atoms with E-state index in [0.29, 0.717) is 28.6 Å². The Morgan fingerprint density at radius 1 is 0.935 bits per heavy atom. The number of benzene rings is 3. The maximum Gasteiger partial charge on any atom is 0.265 e. The Morgan fingerprint density at radius 3 is 2.10 bits per heavy atom. The number of halogens is 1. The van der Waals surface area contributed by atoms with Gasteiger partial charge in [-0.05, 0) is 74.0 Å². The molecule has 0 fully saturated rings. The predicted octanol–water partition coefficient (Wildman–Crippen LogP) is 5.25. The number of rotatable bonds is 8. The minimum atomic E-state index is -3.77. The van der Waals surface area contributed by atoms with Gasteiger partial charge in [0.25, 0.3) is 15.9 Å². The maximum atomic E-state index is 12.6. The largest absolute Gasteiger partial charge is 0.481 e. The molecule has 0 bridgehead atoms. The summed E-state index contributed by atoms with van der Waals surface area (Å²) >= 11 is 5.82. The number of hydrogen-bond donors (Lipinski definition) is 2. The molecule has 3 aromatic rings. The van der Waals surface area contributed by atoms with E-state index in [-0.39, 0.29) is 10.8 Å². The number of anilines is 2. The molecule has 1 amide bonds. The number of aryl methyl sites for hydroxylation is 1. The van der Waals surface area contributed by atoms with Crippen LogP contribution in [0.25, 0.3) is 0 Å². The molecule has 0 unspecified atom stereocenters. The molecule has 0 spiro atoms. The molecule has 3 rings (SSSR count). The van der Waals surface area contributed by atoms with Gasteiger partial charge in [0.1, 0.15) is 5.75 Å². The van der Waals surface area contributed by atoms with Crippen LogP contribution in [-0.4, -0.2) is 20.4 Å².